The van der Waals surface area contributed by atoms with Crippen LogP contribution in [-0.2, 0) is 10.2 Å². The first-order valence-electron chi connectivity index (χ1n) is 6.54. The Kier molecular flexibility index (Phi) is 3.53. The lowest BCUT2D eigenvalue weighted by atomic mass is 9.95. The van der Waals surface area contributed by atoms with Crippen LogP contribution in [0.15, 0.2) is 46.9 Å². The summed E-state index contributed by atoms with van der Waals surface area (Å²) in [6, 6.07) is 11.4. The number of hydrogen-bond donors (Lipinski definition) is 1. The second-order valence-corrected chi connectivity index (χ2v) is 6.00. The van der Waals surface area contributed by atoms with Gasteiger partial charge in [0.1, 0.15) is 11.6 Å². The van der Waals surface area contributed by atoms with Gasteiger partial charge in [-0.05, 0) is 40.4 Å². The summed E-state index contributed by atoms with van der Waals surface area (Å²) in [7, 11) is 0. The van der Waals surface area contributed by atoms with Crippen LogP contribution in [-0.4, -0.2) is 5.91 Å². The van der Waals surface area contributed by atoms with Crippen LogP contribution >= 0.6 is 15.9 Å². The molecule has 0 saturated heterocycles. The Morgan fingerprint density at radius 3 is 2.38 bits per heavy atom. The van der Waals surface area contributed by atoms with Crippen molar-refractivity contribution in [2.75, 3.05) is 5.32 Å². The van der Waals surface area contributed by atoms with Gasteiger partial charge >= 0.3 is 0 Å². The summed E-state index contributed by atoms with van der Waals surface area (Å²) in [6.45, 7) is 0. The van der Waals surface area contributed by atoms with Gasteiger partial charge in [0.05, 0.1) is 15.6 Å². The van der Waals surface area contributed by atoms with Crippen molar-refractivity contribution in [2.45, 2.75) is 18.3 Å². The minimum Gasteiger partial charge on any atom is -0.323 e. The molecule has 0 aliphatic heterocycles. The zero-order valence-corrected chi connectivity index (χ0v) is 12.6. The first-order valence-corrected chi connectivity index (χ1v) is 7.34. The van der Waals surface area contributed by atoms with Crippen molar-refractivity contribution < 1.29 is 13.6 Å². The Hall–Kier alpha value is -1.75. The van der Waals surface area contributed by atoms with Crippen LogP contribution in [0.2, 0.25) is 0 Å². The standard InChI is InChI=1S/C16H12BrF2NO/c17-11-8-13(19)14(9-12(11)18)20-15(21)16(6-7-16)10-4-2-1-3-5-10/h1-5,8-9H,6-7H2,(H,20,21). The van der Waals surface area contributed by atoms with E-state index in [1.165, 1.54) is 0 Å². The van der Waals surface area contributed by atoms with Crippen LogP contribution in [0.4, 0.5) is 14.5 Å². The molecule has 1 fully saturated rings. The number of amides is 1. The lowest BCUT2D eigenvalue weighted by Gasteiger charge is -2.16. The maximum Gasteiger partial charge on any atom is 0.235 e. The Bertz CT molecular complexity index is 699. The average Bonchev–Trinajstić information content (AvgIpc) is 3.27. The van der Waals surface area contributed by atoms with Crippen molar-refractivity contribution in [3.63, 3.8) is 0 Å². The third-order valence-electron chi connectivity index (χ3n) is 3.77. The summed E-state index contributed by atoms with van der Waals surface area (Å²) in [5, 5.41) is 2.50. The fraction of sp³-hybridized carbons (Fsp3) is 0.188. The molecule has 1 amide bonds. The summed E-state index contributed by atoms with van der Waals surface area (Å²) in [6.07, 6.45) is 1.42. The molecule has 108 valence electrons. The maximum absolute atomic E-state index is 13.8. The first kappa shape index (κ1) is 14.2. The number of halogens is 3. The highest BCUT2D eigenvalue weighted by Gasteiger charge is 2.51. The minimum atomic E-state index is -0.666. The van der Waals surface area contributed by atoms with E-state index >= 15 is 0 Å². The molecule has 2 aromatic carbocycles. The molecular formula is C16H12BrF2NO. The molecule has 0 atom stereocenters. The smallest absolute Gasteiger partial charge is 0.235 e. The Morgan fingerprint density at radius 2 is 1.76 bits per heavy atom. The Balaban J connectivity index is 1.86. The fourth-order valence-electron chi connectivity index (χ4n) is 2.39. The monoisotopic (exact) mass is 351 g/mol. The molecule has 2 nitrogen and oxygen atoms in total. The van der Waals surface area contributed by atoms with E-state index < -0.39 is 17.0 Å². The van der Waals surface area contributed by atoms with Crippen LogP contribution in [0.3, 0.4) is 0 Å². The van der Waals surface area contributed by atoms with Crippen molar-refractivity contribution in [1.82, 2.24) is 0 Å². The molecule has 0 aromatic heterocycles. The van der Waals surface area contributed by atoms with E-state index in [2.05, 4.69) is 21.2 Å². The van der Waals surface area contributed by atoms with Crippen LogP contribution in [0.1, 0.15) is 18.4 Å². The molecule has 1 aliphatic rings. The summed E-state index contributed by atoms with van der Waals surface area (Å²) >= 11 is 2.91. The van der Waals surface area contributed by atoms with Gasteiger partial charge in [0.15, 0.2) is 0 Å². The molecule has 21 heavy (non-hydrogen) atoms. The Morgan fingerprint density at radius 1 is 1.10 bits per heavy atom. The molecule has 1 N–H and O–H groups in total. The molecule has 3 rings (SSSR count). The third kappa shape index (κ3) is 2.58. The van der Waals surface area contributed by atoms with Crippen LogP contribution < -0.4 is 5.32 Å². The van der Waals surface area contributed by atoms with E-state index in [0.717, 1.165) is 17.7 Å². The SMILES string of the molecule is O=C(Nc1cc(F)c(Br)cc1F)C1(c2ccccc2)CC1. The molecule has 0 unspecified atom stereocenters. The zero-order chi connectivity index (χ0) is 15.0. The van der Waals surface area contributed by atoms with E-state index in [1.807, 2.05) is 30.3 Å². The largest absolute Gasteiger partial charge is 0.323 e. The predicted molar refractivity (Wildman–Crippen MR) is 80.0 cm³/mol. The van der Waals surface area contributed by atoms with E-state index in [4.69, 9.17) is 0 Å². The van der Waals surface area contributed by atoms with Gasteiger partial charge in [0, 0.05) is 6.07 Å². The summed E-state index contributed by atoms with van der Waals surface area (Å²) in [5.74, 6) is -1.58. The van der Waals surface area contributed by atoms with Crippen LogP contribution in [0.25, 0.3) is 0 Å². The number of hydrogen-bond acceptors (Lipinski definition) is 1. The van der Waals surface area contributed by atoms with E-state index in [0.29, 0.717) is 12.8 Å². The van der Waals surface area contributed by atoms with Gasteiger partial charge in [-0.15, -0.1) is 0 Å². The van der Waals surface area contributed by atoms with Gasteiger partial charge in [-0.2, -0.15) is 0 Å². The first-order chi connectivity index (χ1) is 10.0. The van der Waals surface area contributed by atoms with Gasteiger partial charge < -0.3 is 5.32 Å². The highest BCUT2D eigenvalue weighted by molar-refractivity contribution is 9.10. The predicted octanol–water partition coefficient (Wildman–Crippen LogP) is 4.40. The van der Waals surface area contributed by atoms with Gasteiger partial charge in [-0.3, -0.25) is 4.79 Å². The average molecular weight is 352 g/mol. The van der Waals surface area contributed by atoms with Crippen molar-refractivity contribution in [3.8, 4) is 0 Å². The second-order valence-electron chi connectivity index (χ2n) is 5.15. The third-order valence-corrected chi connectivity index (χ3v) is 4.38. The number of rotatable bonds is 3. The van der Waals surface area contributed by atoms with Gasteiger partial charge in [0.25, 0.3) is 0 Å². The topological polar surface area (TPSA) is 29.1 Å². The highest BCUT2D eigenvalue weighted by Crippen LogP contribution is 2.49. The molecule has 5 heteroatoms. The van der Waals surface area contributed by atoms with Crippen molar-refractivity contribution in [2.24, 2.45) is 0 Å². The van der Waals surface area contributed by atoms with E-state index in [-0.39, 0.29) is 16.1 Å². The molecule has 0 radical (unpaired) electrons. The second kappa shape index (κ2) is 5.22. The summed E-state index contributed by atoms with van der Waals surface area (Å²) < 4.78 is 27.3. The number of carbonyl (C=O) groups excluding carboxylic acids is 1. The summed E-state index contributed by atoms with van der Waals surface area (Å²) in [5.41, 5.74) is 0.153. The molecule has 1 aliphatic carbocycles. The van der Waals surface area contributed by atoms with Crippen molar-refractivity contribution in [3.05, 3.63) is 64.1 Å². The van der Waals surface area contributed by atoms with E-state index in [9.17, 15) is 13.6 Å². The van der Waals surface area contributed by atoms with E-state index in [1.54, 1.807) is 0 Å². The lowest BCUT2D eigenvalue weighted by Crippen LogP contribution is -2.28. The number of benzene rings is 2. The maximum atomic E-state index is 13.8. The Labute approximate surface area is 129 Å². The summed E-state index contributed by atoms with van der Waals surface area (Å²) in [4.78, 5) is 12.4. The fourth-order valence-corrected chi connectivity index (χ4v) is 2.70. The number of carbonyl (C=O) groups is 1. The minimum absolute atomic E-state index is 0.0298. The molecule has 2 aromatic rings. The van der Waals surface area contributed by atoms with Gasteiger partial charge in [-0.1, -0.05) is 30.3 Å². The normalized spacial score (nSPS) is 15.6. The molecule has 1 saturated carbocycles. The zero-order valence-electron chi connectivity index (χ0n) is 11.0. The lowest BCUT2D eigenvalue weighted by molar-refractivity contribution is -0.118. The van der Waals surface area contributed by atoms with Crippen LogP contribution in [0, 0.1) is 11.6 Å². The van der Waals surface area contributed by atoms with Crippen molar-refractivity contribution >= 4 is 27.5 Å². The van der Waals surface area contributed by atoms with Crippen molar-refractivity contribution in [1.29, 1.82) is 0 Å². The van der Waals surface area contributed by atoms with Gasteiger partial charge in [-0.25, -0.2) is 8.78 Å². The quantitative estimate of drug-likeness (QED) is 0.816. The van der Waals surface area contributed by atoms with Gasteiger partial charge in [0.2, 0.25) is 5.91 Å². The molecule has 0 heterocycles. The number of anilines is 1. The molecular weight excluding hydrogens is 340 g/mol. The number of nitrogens with one attached hydrogen (secondary N) is 1. The van der Waals surface area contributed by atoms with Crippen LogP contribution in [0.5, 0.6) is 0 Å². The highest BCUT2D eigenvalue weighted by atomic mass is 79.9. The molecule has 0 bridgehead atoms. The molecule has 0 spiro atoms.